The molecule has 4 rings (SSSR count). The van der Waals surface area contributed by atoms with Gasteiger partial charge in [0.05, 0.1) is 32.0 Å². The molecule has 0 fully saturated rings. The summed E-state index contributed by atoms with van der Waals surface area (Å²) >= 11 is 0. The summed E-state index contributed by atoms with van der Waals surface area (Å²) < 4.78 is 16.9. The van der Waals surface area contributed by atoms with E-state index >= 15 is 0 Å². The number of ether oxygens (including phenoxy) is 3. The number of pyridine rings is 2. The number of aromatic hydroxyl groups is 1. The maximum Gasteiger partial charge on any atom is 0.216 e. The predicted octanol–water partition coefficient (Wildman–Crippen LogP) is 5.84. The van der Waals surface area contributed by atoms with Gasteiger partial charge < -0.3 is 30.0 Å². The van der Waals surface area contributed by atoms with E-state index in [9.17, 15) is 9.90 Å². The smallest absolute Gasteiger partial charge is 0.216 e. The van der Waals surface area contributed by atoms with Crippen LogP contribution in [0.15, 0.2) is 36.4 Å². The number of halogens is 2. The molecule has 222 valence electrons. The van der Waals surface area contributed by atoms with Crippen LogP contribution in [0.4, 0.5) is 5.82 Å². The molecule has 41 heavy (non-hydrogen) atoms. The first kappa shape index (κ1) is 33.5. The van der Waals surface area contributed by atoms with E-state index in [1.807, 2.05) is 37.3 Å². The third-order valence-corrected chi connectivity index (χ3v) is 6.49. The van der Waals surface area contributed by atoms with Crippen LogP contribution in [0.3, 0.4) is 0 Å². The van der Waals surface area contributed by atoms with E-state index in [1.54, 1.807) is 14.2 Å². The maximum atomic E-state index is 11.3. The minimum absolute atomic E-state index is 0. The predicted molar refractivity (Wildman–Crippen MR) is 168 cm³/mol. The molecule has 0 spiro atoms. The largest absolute Gasteiger partial charge is 0.494 e. The number of hydrogen-bond donors (Lipinski definition) is 3. The molecule has 9 nitrogen and oxygen atoms in total. The number of fused-ring (bicyclic) bond motifs is 2. The second-order valence-corrected chi connectivity index (χ2v) is 9.23. The van der Waals surface area contributed by atoms with Crippen molar-refractivity contribution in [1.29, 1.82) is 0 Å². The van der Waals surface area contributed by atoms with Crippen molar-refractivity contribution in [2.75, 3.05) is 39.2 Å². The van der Waals surface area contributed by atoms with Gasteiger partial charge in [0.25, 0.3) is 0 Å². The number of carbonyl (C=O) groups excluding carboxylic acids is 1. The Morgan fingerprint density at radius 1 is 0.951 bits per heavy atom. The van der Waals surface area contributed by atoms with Gasteiger partial charge in [0.1, 0.15) is 11.6 Å². The fraction of sp³-hybridized carbons (Fsp3) is 0.367. The molecule has 1 amide bonds. The molecular weight excluding hydrogens is 567 g/mol. The molecule has 4 aromatic rings. The number of methoxy groups -OCH3 is 2. The number of benzene rings is 2. The molecule has 0 bridgehead atoms. The zero-order valence-corrected chi connectivity index (χ0v) is 25.6. The van der Waals surface area contributed by atoms with Gasteiger partial charge in [-0.05, 0) is 60.7 Å². The molecule has 0 atom stereocenters. The van der Waals surface area contributed by atoms with Gasteiger partial charge in [-0.2, -0.15) is 0 Å². The van der Waals surface area contributed by atoms with Crippen LogP contribution in [-0.4, -0.2) is 54.9 Å². The summed E-state index contributed by atoms with van der Waals surface area (Å²) in [5.74, 6) is 2.50. The minimum Gasteiger partial charge on any atom is -0.494 e. The van der Waals surface area contributed by atoms with Crippen molar-refractivity contribution in [3.05, 3.63) is 53.2 Å². The second kappa shape index (κ2) is 15.3. The molecule has 0 saturated carbocycles. The zero-order chi connectivity index (χ0) is 27.9. The average Bonchev–Trinajstić information content (AvgIpc) is 2.92. The third kappa shape index (κ3) is 7.74. The summed E-state index contributed by atoms with van der Waals surface area (Å²) in [4.78, 5) is 20.8. The van der Waals surface area contributed by atoms with Crippen molar-refractivity contribution in [3.8, 4) is 23.1 Å². The highest BCUT2D eigenvalue weighted by molar-refractivity contribution is 5.93. The number of anilines is 1. The first-order chi connectivity index (χ1) is 18.9. The molecule has 3 N–H and O–H groups in total. The van der Waals surface area contributed by atoms with Crippen LogP contribution < -0.4 is 24.8 Å². The van der Waals surface area contributed by atoms with Gasteiger partial charge in [-0.3, -0.25) is 4.79 Å². The molecule has 0 aliphatic rings. The van der Waals surface area contributed by atoms with E-state index in [0.29, 0.717) is 55.4 Å². The van der Waals surface area contributed by atoms with Gasteiger partial charge in [0.2, 0.25) is 11.8 Å². The van der Waals surface area contributed by atoms with Crippen LogP contribution in [0.25, 0.3) is 21.7 Å². The van der Waals surface area contributed by atoms with Gasteiger partial charge in [-0.25, -0.2) is 9.97 Å². The number of rotatable bonds is 12. The minimum atomic E-state index is -0.0917. The monoisotopic (exact) mass is 604 g/mol. The standard InChI is InChI=1S/C30H36N4O5.2ClH/c1-6-8-26-23-17-28(38-5)27(37-4)16-22(23)24(30(36)34-26)15-20-13-19-14-21(39-7-2)9-10-25(19)33-29(20)32-12-11-31-18(3)35;;/h9-10,13-14,16-17H,6-8,11-12,15H2,1-5H3,(H,31,35)(H,32,33)(H,34,36);2*1H. The topological polar surface area (TPSA) is 115 Å². The summed E-state index contributed by atoms with van der Waals surface area (Å²) in [5, 5.41) is 20.0. The molecular formula is C30H38Cl2N4O5. The van der Waals surface area contributed by atoms with Crippen molar-refractivity contribution in [3.63, 3.8) is 0 Å². The van der Waals surface area contributed by atoms with Crippen molar-refractivity contribution < 1.29 is 24.1 Å². The van der Waals surface area contributed by atoms with E-state index in [-0.39, 0.29) is 36.6 Å². The lowest BCUT2D eigenvalue weighted by molar-refractivity contribution is -0.118. The molecule has 0 unspecified atom stereocenters. The molecule has 0 aliphatic heterocycles. The van der Waals surface area contributed by atoms with Crippen LogP contribution in [0.5, 0.6) is 23.1 Å². The Labute approximate surface area is 252 Å². The van der Waals surface area contributed by atoms with Crippen molar-refractivity contribution >= 4 is 58.2 Å². The number of hydrogen-bond acceptors (Lipinski definition) is 8. The lowest BCUT2D eigenvalue weighted by atomic mass is 9.96. The van der Waals surface area contributed by atoms with Crippen LogP contribution in [-0.2, 0) is 17.6 Å². The number of aryl methyl sites for hydroxylation is 1. The Morgan fingerprint density at radius 2 is 1.66 bits per heavy atom. The Hall–Kier alpha value is -3.69. The molecule has 0 radical (unpaired) electrons. The Bertz CT molecular complexity index is 1500. The van der Waals surface area contributed by atoms with Gasteiger partial charge in [-0.1, -0.05) is 13.3 Å². The Morgan fingerprint density at radius 3 is 2.29 bits per heavy atom. The second-order valence-electron chi connectivity index (χ2n) is 9.23. The number of aromatic nitrogens is 2. The normalized spacial score (nSPS) is 10.5. The number of carbonyl (C=O) groups is 1. The number of nitrogens with one attached hydrogen (secondary N) is 2. The summed E-state index contributed by atoms with van der Waals surface area (Å²) in [5.41, 5.74) is 3.15. The van der Waals surface area contributed by atoms with Gasteiger partial charge in [0.15, 0.2) is 11.5 Å². The maximum absolute atomic E-state index is 11.3. The molecule has 11 heteroatoms. The fourth-order valence-corrected chi connectivity index (χ4v) is 4.70. The lowest BCUT2D eigenvalue weighted by Crippen LogP contribution is -2.26. The quantitative estimate of drug-likeness (QED) is 0.173. The third-order valence-electron chi connectivity index (χ3n) is 6.49. The van der Waals surface area contributed by atoms with Crippen molar-refractivity contribution in [2.45, 2.75) is 40.0 Å². The van der Waals surface area contributed by atoms with Crippen LogP contribution >= 0.6 is 24.8 Å². The van der Waals surface area contributed by atoms with E-state index in [2.05, 4.69) is 28.6 Å². The van der Waals surface area contributed by atoms with Crippen molar-refractivity contribution in [2.24, 2.45) is 0 Å². The summed E-state index contributed by atoms with van der Waals surface area (Å²) in [6, 6.07) is 11.7. The first-order valence-corrected chi connectivity index (χ1v) is 13.2. The highest BCUT2D eigenvalue weighted by atomic mass is 35.5. The highest BCUT2D eigenvalue weighted by Crippen LogP contribution is 2.39. The van der Waals surface area contributed by atoms with E-state index in [1.165, 1.54) is 6.92 Å². The van der Waals surface area contributed by atoms with Crippen LogP contribution in [0, 0.1) is 0 Å². The number of nitrogens with zero attached hydrogens (tertiary/aromatic N) is 2. The lowest BCUT2D eigenvalue weighted by Gasteiger charge is -2.18. The Kier molecular flexibility index (Phi) is 12.5. The van der Waals surface area contributed by atoms with E-state index in [0.717, 1.165) is 45.1 Å². The zero-order valence-electron chi connectivity index (χ0n) is 24.0. The van der Waals surface area contributed by atoms with E-state index < -0.39 is 0 Å². The van der Waals surface area contributed by atoms with Gasteiger partial charge in [0, 0.05) is 42.8 Å². The van der Waals surface area contributed by atoms with Crippen LogP contribution in [0.1, 0.15) is 44.0 Å². The van der Waals surface area contributed by atoms with Crippen LogP contribution in [0.2, 0.25) is 0 Å². The first-order valence-electron chi connectivity index (χ1n) is 13.2. The summed E-state index contributed by atoms with van der Waals surface area (Å²) in [7, 11) is 3.20. The molecule has 0 aliphatic carbocycles. The highest BCUT2D eigenvalue weighted by Gasteiger charge is 2.19. The average molecular weight is 606 g/mol. The molecule has 2 aromatic heterocycles. The number of amides is 1. The summed E-state index contributed by atoms with van der Waals surface area (Å²) in [6.07, 6.45) is 1.96. The van der Waals surface area contributed by atoms with E-state index in [4.69, 9.17) is 19.2 Å². The molecule has 2 heterocycles. The molecule has 2 aromatic carbocycles. The SMILES string of the molecule is CCCc1nc(O)c(Cc2cc3cc(OCC)ccc3nc2NCCNC(C)=O)c2cc(OC)c(OC)cc12.Cl.Cl. The summed E-state index contributed by atoms with van der Waals surface area (Å²) in [6.45, 7) is 7.03. The molecule has 0 saturated heterocycles. The fourth-order valence-electron chi connectivity index (χ4n) is 4.70. The van der Waals surface area contributed by atoms with Gasteiger partial charge in [-0.15, -0.1) is 24.8 Å². The van der Waals surface area contributed by atoms with Crippen molar-refractivity contribution in [1.82, 2.24) is 15.3 Å². The Balaban J connectivity index is 0.00000294. The van der Waals surface area contributed by atoms with Gasteiger partial charge >= 0.3 is 0 Å².